The van der Waals surface area contributed by atoms with Crippen molar-refractivity contribution in [2.75, 3.05) is 5.32 Å². The van der Waals surface area contributed by atoms with Crippen molar-refractivity contribution in [1.82, 2.24) is 9.78 Å². The Morgan fingerprint density at radius 2 is 2.12 bits per heavy atom. The molecule has 0 aliphatic rings. The van der Waals surface area contributed by atoms with Gasteiger partial charge in [0.15, 0.2) is 0 Å². The van der Waals surface area contributed by atoms with Crippen LogP contribution in [-0.4, -0.2) is 32.9 Å². The van der Waals surface area contributed by atoms with Crippen molar-refractivity contribution >= 4 is 28.2 Å². The maximum atomic E-state index is 12.6. The lowest BCUT2D eigenvalue weighted by molar-refractivity contribution is -0.112. The lowest BCUT2D eigenvalue weighted by Crippen LogP contribution is -2.21. The van der Waals surface area contributed by atoms with E-state index in [4.69, 9.17) is 0 Å². The lowest BCUT2D eigenvalue weighted by Gasteiger charge is -2.22. The Morgan fingerprint density at radius 3 is 2.65 bits per heavy atom. The summed E-state index contributed by atoms with van der Waals surface area (Å²) < 4.78 is 26.9. The quantitative estimate of drug-likeness (QED) is 0.608. The van der Waals surface area contributed by atoms with Crippen LogP contribution in [0.4, 0.5) is 14.5 Å². The fourth-order valence-corrected chi connectivity index (χ4v) is 2.40. The molecular weight excluding hydrogens is 342 g/mol. The highest BCUT2D eigenvalue weighted by atomic mass is 19.3. The van der Waals surface area contributed by atoms with Gasteiger partial charge in [0.1, 0.15) is 5.70 Å². The molecule has 0 fully saturated rings. The number of carbonyl (C=O) groups excluding carboxylic acids is 1. The van der Waals surface area contributed by atoms with E-state index in [2.05, 4.69) is 22.0 Å². The second-order valence-electron chi connectivity index (χ2n) is 6.46. The molecule has 1 heterocycles. The number of rotatable bonds is 6. The summed E-state index contributed by atoms with van der Waals surface area (Å²) in [7, 11) is 0. The molecule has 0 bridgehead atoms. The zero-order chi connectivity index (χ0) is 19.6. The van der Waals surface area contributed by atoms with Crippen molar-refractivity contribution < 1.29 is 18.7 Å². The molecule has 26 heavy (non-hydrogen) atoms. The molecule has 0 unspecified atom stereocenters. The van der Waals surface area contributed by atoms with E-state index in [0.29, 0.717) is 23.3 Å². The average Bonchev–Trinajstić information content (AvgIpc) is 2.94. The Morgan fingerprint density at radius 1 is 1.46 bits per heavy atom. The number of benzene rings is 1. The van der Waals surface area contributed by atoms with Gasteiger partial charge in [0, 0.05) is 29.4 Å². The van der Waals surface area contributed by atoms with Crippen LogP contribution in [0.3, 0.4) is 0 Å². The minimum Gasteiger partial charge on any atom is -0.386 e. The van der Waals surface area contributed by atoms with Crippen molar-refractivity contribution in [3.8, 4) is 0 Å². The fraction of sp³-hybridized carbons (Fsp3) is 0.389. The minimum atomic E-state index is -2.76. The van der Waals surface area contributed by atoms with Gasteiger partial charge in [-0.1, -0.05) is 6.58 Å². The Labute approximate surface area is 150 Å². The summed E-state index contributed by atoms with van der Waals surface area (Å²) in [6.07, 6.45) is -0.949. The maximum Gasteiger partial charge on any atom is 0.276 e. The van der Waals surface area contributed by atoms with Gasteiger partial charge in [-0.05, 0) is 39.8 Å². The van der Waals surface area contributed by atoms with Crippen LogP contribution in [0.1, 0.15) is 33.3 Å². The first kappa shape index (κ1) is 19.7. The van der Waals surface area contributed by atoms with Crippen molar-refractivity contribution in [3.05, 3.63) is 36.2 Å². The van der Waals surface area contributed by atoms with Crippen LogP contribution < -0.4 is 5.32 Å². The number of carbonyl (C=O) groups is 1. The smallest absolute Gasteiger partial charge is 0.276 e. The number of halogens is 2. The highest BCUT2D eigenvalue weighted by molar-refractivity contribution is 6.06. The molecule has 0 aliphatic carbocycles. The normalized spacial score (nSPS) is 12.7. The van der Waals surface area contributed by atoms with Gasteiger partial charge in [0.25, 0.3) is 12.3 Å². The van der Waals surface area contributed by atoms with Gasteiger partial charge in [0.05, 0.1) is 16.8 Å². The molecule has 2 aromatic rings. The number of fused-ring (bicyclic) bond motifs is 1. The molecule has 0 saturated heterocycles. The van der Waals surface area contributed by atoms with Crippen molar-refractivity contribution in [3.63, 3.8) is 0 Å². The van der Waals surface area contributed by atoms with Crippen molar-refractivity contribution in [2.45, 2.75) is 46.3 Å². The molecule has 140 valence electrons. The molecule has 0 spiro atoms. The number of hydrogen-bond acceptors (Lipinski definition) is 4. The number of aliphatic imine (C=N–C) groups is 1. The van der Waals surface area contributed by atoms with Gasteiger partial charge in [-0.2, -0.15) is 5.10 Å². The number of alkyl halides is 2. The summed E-state index contributed by atoms with van der Waals surface area (Å²) in [6, 6.07) is 3.37. The first-order valence-corrected chi connectivity index (χ1v) is 8.10. The Kier molecular flexibility index (Phi) is 5.56. The van der Waals surface area contributed by atoms with E-state index >= 15 is 0 Å². The van der Waals surface area contributed by atoms with Gasteiger partial charge in [-0.15, -0.1) is 0 Å². The predicted octanol–water partition coefficient (Wildman–Crippen LogP) is 3.46. The summed E-state index contributed by atoms with van der Waals surface area (Å²) in [5.74, 6) is -0.724. The van der Waals surface area contributed by atoms with E-state index in [-0.39, 0.29) is 5.70 Å². The molecule has 0 radical (unpaired) electrons. The predicted molar refractivity (Wildman–Crippen MR) is 97.5 cm³/mol. The molecule has 1 aromatic heterocycles. The highest BCUT2D eigenvalue weighted by Gasteiger charge is 2.23. The SMILES string of the molecule is C=C(N=C(C)C(F)F)C(=O)Nc1cc2cn(CC)nc2cc1C(C)(C)O. The third kappa shape index (κ3) is 4.32. The third-order valence-corrected chi connectivity index (χ3v) is 3.81. The molecular formula is C18H22F2N4O2. The standard InChI is InChI=1S/C18H22F2N4O2/c1-6-24-9-12-7-15(13(18(4,5)26)8-14(12)23-24)22-17(25)11(3)21-10(2)16(19)20/h7-9,16,26H,3,6H2,1-2,4-5H3,(H,22,25). The number of hydrogen-bond donors (Lipinski definition) is 2. The monoisotopic (exact) mass is 364 g/mol. The molecule has 6 nitrogen and oxygen atoms in total. The van der Waals surface area contributed by atoms with Gasteiger partial charge in [-0.25, -0.2) is 13.8 Å². The number of nitrogens with zero attached hydrogens (tertiary/aromatic N) is 3. The van der Waals surface area contributed by atoms with Gasteiger partial charge in [-0.3, -0.25) is 9.48 Å². The van der Waals surface area contributed by atoms with E-state index in [0.717, 1.165) is 12.3 Å². The average molecular weight is 364 g/mol. The molecule has 0 saturated carbocycles. The van der Waals surface area contributed by atoms with E-state index < -0.39 is 23.6 Å². The van der Waals surface area contributed by atoms with Gasteiger partial charge >= 0.3 is 0 Å². The number of amides is 1. The summed E-state index contributed by atoms with van der Waals surface area (Å²) in [5.41, 5.74) is -0.622. The van der Waals surface area contributed by atoms with Crippen LogP contribution in [0.25, 0.3) is 10.9 Å². The Hall–Kier alpha value is -2.61. The van der Waals surface area contributed by atoms with Crippen LogP contribution in [0, 0.1) is 0 Å². The Bertz CT molecular complexity index is 879. The van der Waals surface area contributed by atoms with Crippen LogP contribution in [0.5, 0.6) is 0 Å². The molecule has 8 heteroatoms. The first-order valence-electron chi connectivity index (χ1n) is 8.10. The summed E-state index contributed by atoms with van der Waals surface area (Å²) in [4.78, 5) is 15.8. The third-order valence-electron chi connectivity index (χ3n) is 3.81. The van der Waals surface area contributed by atoms with Crippen LogP contribution in [0.2, 0.25) is 0 Å². The molecule has 0 atom stereocenters. The van der Waals surface area contributed by atoms with Crippen molar-refractivity contribution in [2.24, 2.45) is 4.99 Å². The second-order valence-corrected chi connectivity index (χ2v) is 6.46. The maximum absolute atomic E-state index is 12.6. The molecule has 2 N–H and O–H groups in total. The van der Waals surface area contributed by atoms with Gasteiger partial charge < -0.3 is 10.4 Å². The topological polar surface area (TPSA) is 79.5 Å². The zero-order valence-electron chi connectivity index (χ0n) is 15.2. The van der Waals surface area contributed by atoms with Crippen LogP contribution in [0.15, 0.2) is 35.6 Å². The molecule has 1 amide bonds. The van der Waals surface area contributed by atoms with Crippen LogP contribution >= 0.6 is 0 Å². The summed E-state index contributed by atoms with van der Waals surface area (Å²) >= 11 is 0. The fourth-order valence-electron chi connectivity index (χ4n) is 2.40. The van der Waals surface area contributed by atoms with Gasteiger partial charge in [0.2, 0.25) is 0 Å². The largest absolute Gasteiger partial charge is 0.386 e. The summed E-state index contributed by atoms with van der Waals surface area (Å²) in [5, 5.41) is 18.2. The molecule has 1 aromatic carbocycles. The van der Waals surface area contributed by atoms with E-state index in [1.165, 1.54) is 0 Å². The Balaban J connectivity index is 2.42. The van der Waals surface area contributed by atoms with E-state index in [9.17, 15) is 18.7 Å². The first-order chi connectivity index (χ1) is 12.0. The minimum absolute atomic E-state index is 0.339. The highest BCUT2D eigenvalue weighted by Crippen LogP contribution is 2.32. The second kappa shape index (κ2) is 7.33. The number of aliphatic hydroxyl groups is 1. The lowest BCUT2D eigenvalue weighted by atomic mass is 9.95. The van der Waals surface area contributed by atoms with E-state index in [1.54, 1.807) is 30.7 Å². The molecule has 2 rings (SSSR count). The van der Waals surface area contributed by atoms with E-state index in [1.807, 2.05) is 13.1 Å². The zero-order valence-corrected chi connectivity index (χ0v) is 15.2. The number of aryl methyl sites for hydroxylation is 1. The number of aromatic nitrogens is 2. The van der Waals surface area contributed by atoms with Crippen LogP contribution in [-0.2, 0) is 16.9 Å². The number of anilines is 1. The van der Waals surface area contributed by atoms with Crippen molar-refractivity contribution in [1.29, 1.82) is 0 Å². The number of nitrogens with one attached hydrogen (secondary N) is 1. The molecule has 0 aliphatic heterocycles. The summed E-state index contributed by atoms with van der Waals surface area (Å²) in [6.45, 7) is 10.3.